The molecule has 0 unspecified atom stereocenters. The Labute approximate surface area is 88.6 Å². The third kappa shape index (κ3) is 9.90. The van der Waals surface area contributed by atoms with Crippen LogP contribution in [-0.2, 0) is 0 Å². The van der Waals surface area contributed by atoms with Crippen molar-refractivity contribution in [1.29, 1.82) is 0 Å². The molecule has 4 nitrogen and oxygen atoms in total. The Bertz CT molecular complexity index is 149. The van der Waals surface area contributed by atoms with Crippen molar-refractivity contribution in [3.8, 4) is 5.75 Å². The fourth-order valence-corrected chi connectivity index (χ4v) is 0.428. The summed E-state index contributed by atoms with van der Waals surface area (Å²) in [5.74, 6) is 0.322. The van der Waals surface area contributed by atoms with Gasteiger partial charge >= 0.3 is 29.6 Å². The van der Waals surface area contributed by atoms with Crippen molar-refractivity contribution in [3.63, 3.8) is 0 Å². The topological polar surface area (TPSA) is 115 Å². The first-order valence-corrected chi connectivity index (χ1v) is 2.13. The molecule has 1 aromatic rings. The van der Waals surface area contributed by atoms with Crippen LogP contribution in [0.1, 0.15) is 1.43 Å². The van der Waals surface area contributed by atoms with Gasteiger partial charge in [0.2, 0.25) is 0 Å². The zero-order valence-corrected chi connectivity index (χ0v) is 8.33. The Morgan fingerprint density at radius 2 is 1.27 bits per heavy atom. The molecule has 1 aromatic carbocycles. The van der Waals surface area contributed by atoms with E-state index in [0.29, 0.717) is 5.75 Å². The molecule has 0 spiro atoms. The minimum Gasteiger partial charge on any atom is -1.00 e. The van der Waals surface area contributed by atoms with Crippen LogP contribution in [0.25, 0.3) is 0 Å². The summed E-state index contributed by atoms with van der Waals surface area (Å²) in [7, 11) is 0. The van der Waals surface area contributed by atoms with Crippen molar-refractivity contribution in [2.45, 2.75) is 0 Å². The molecule has 0 bridgehead atoms. The number of hydrogen-bond acceptors (Lipinski definition) is 1. The van der Waals surface area contributed by atoms with Gasteiger partial charge in [0.15, 0.2) is 0 Å². The quantitative estimate of drug-likeness (QED) is 0.395. The van der Waals surface area contributed by atoms with Crippen molar-refractivity contribution >= 4 is 0 Å². The zero-order chi connectivity index (χ0) is 5.11. The van der Waals surface area contributed by atoms with Crippen molar-refractivity contribution < 1.29 is 52.5 Å². The number of phenols is 1. The Balaban J connectivity index is -0.0000000327. The molecule has 0 atom stereocenters. The molecule has 0 aromatic heterocycles. The van der Waals surface area contributed by atoms with Crippen LogP contribution in [0.2, 0.25) is 0 Å². The minimum absolute atomic E-state index is 0. The molecule has 5 heteroatoms. The van der Waals surface area contributed by atoms with Crippen LogP contribution in [0, 0.1) is 0 Å². The first-order valence-electron chi connectivity index (χ1n) is 2.13. The van der Waals surface area contributed by atoms with Crippen LogP contribution < -0.4 is 29.6 Å². The van der Waals surface area contributed by atoms with E-state index in [9.17, 15) is 0 Å². The van der Waals surface area contributed by atoms with Gasteiger partial charge in [0.1, 0.15) is 5.75 Å². The van der Waals surface area contributed by atoms with Gasteiger partial charge in [-0.2, -0.15) is 0 Å². The van der Waals surface area contributed by atoms with Crippen LogP contribution in [-0.4, -0.2) is 21.5 Å². The van der Waals surface area contributed by atoms with E-state index in [4.69, 9.17) is 5.11 Å². The normalized spacial score (nSPS) is 5.45. The fraction of sp³-hybridized carbons (Fsp3) is 0. The predicted octanol–water partition coefficient (Wildman–Crippen LogP) is -3.97. The molecule has 0 saturated heterocycles. The second-order valence-electron chi connectivity index (χ2n) is 1.34. The van der Waals surface area contributed by atoms with E-state index in [1.165, 1.54) is 0 Å². The number of phenolic OH excluding ortho intramolecular Hbond substituents is 1. The van der Waals surface area contributed by atoms with Gasteiger partial charge in [-0.05, 0) is 12.1 Å². The van der Waals surface area contributed by atoms with E-state index in [0.717, 1.165) is 0 Å². The zero-order valence-electron chi connectivity index (χ0n) is 7.33. The van der Waals surface area contributed by atoms with E-state index in [1.807, 2.05) is 6.07 Å². The van der Waals surface area contributed by atoms with E-state index in [2.05, 4.69) is 0 Å². The van der Waals surface area contributed by atoms with Crippen LogP contribution in [0.4, 0.5) is 0 Å². The molecule has 7 N–H and O–H groups in total. The molecule has 0 heterocycles. The van der Waals surface area contributed by atoms with Crippen LogP contribution in [0.15, 0.2) is 30.3 Å². The number of hydrogen-bond donors (Lipinski definition) is 1. The summed E-state index contributed by atoms with van der Waals surface area (Å²) in [5.41, 5.74) is 0. The summed E-state index contributed by atoms with van der Waals surface area (Å²) in [6.07, 6.45) is 0. The van der Waals surface area contributed by atoms with Crippen molar-refractivity contribution in [3.05, 3.63) is 30.3 Å². The summed E-state index contributed by atoms with van der Waals surface area (Å²) in [4.78, 5) is 0. The molecule has 0 saturated carbocycles. The molecule has 0 fully saturated rings. The maximum absolute atomic E-state index is 8.63. The van der Waals surface area contributed by atoms with E-state index >= 15 is 0 Å². The van der Waals surface area contributed by atoms with Gasteiger partial charge < -0.3 is 23.0 Å². The minimum atomic E-state index is 0. The fourth-order valence-electron chi connectivity index (χ4n) is 0.428. The second-order valence-corrected chi connectivity index (χ2v) is 1.34. The molecule has 62 valence electrons. The predicted molar refractivity (Wildman–Crippen MR) is 40.1 cm³/mol. The number of rotatable bonds is 0. The third-order valence-electron chi connectivity index (χ3n) is 0.756. The van der Waals surface area contributed by atoms with Crippen molar-refractivity contribution in [2.75, 3.05) is 0 Å². The maximum atomic E-state index is 8.63. The molecular formula is C6H13NaO4. The Morgan fingerprint density at radius 3 is 1.45 bits per heavy atom. The van der Waals surface area contributed by atoms with Gasteiger partial charge in [0, 0.05) is 0 Å². The third-order valence-corrected chi connectivity index (χ3v) is 0.756. The van der Waals surface area contributed by atoms with E-state index in [1.54, 1.807) is 24.3 Å². The molecule has 0 aliphatic rings. The summed E-state index contributed by atoms with van der Waals surface area (Å²) >= 11 is 0. The monoisotopic (exact) mass is 172 g/mol. The molecule has 11 heavy (non-hydrogen) atoms. The van der Waals surface area contributed by atoms with E-state index < -0.39 is 0 Å². The SMILES string of the molecule is O.O.O.Oc1ccccc1.[H-].[Na+]. The van der Waals surface area contributed by atoms with Gasteiger partial charge in [-0.3, -0.25) is 0 Å². The average molecular weight is 172 g/mol. The number of aromatic hydroxyl groups is 1. The summed E-state index contributed by atoms with van der Waals surface area (Å²) < 4.78 is 0. The Hall–Kier alpha value is -0.100. The van der Waals surface area contributed by atoms with Gasteiger partial charge in [-0.15, -0.1) is 0 Å². The number of benzene rings is 1. The van der Waals surface area contributed by atoms with Gasteiger partial charge in [0.05, 0.1) is 0 Å². The standard InChI is InChI=1S/C6H6O.Na.3H2O.H/c7-6-4-2-1-3-5-6;;;;;/h1-5,7H;;3*1H2;/q;+1;;;;-1. The van der Waals surface area contributed by atoms with Gasteiger partial charge in [-0.25, -0.2) is 0 Å². The molecule has 0 radical (unpaired) electrons. The summed E-state index contributed by atoms with van der Waals surface area (Å²) in [6.45, 7) is 0. The van der Waals surface area contributed by atoms with Crippen LogP contribution in [0.3, 0.4) is 0 Å². The first kappa shape index (κ1) is 22.4. The average Bonchev–Trinajstić information content (AvgIpc) is 1.69. The van der Waals surface area contributed by atoms with E-state index in [-0.39, 0.29) is 47.4 Å². The molecule has 0 aliphatic carbocycles. The molecule has 0 amide bonds. The number of para-hydroxylation sites is 1. The molecule has 0 aliphatic heterocycles. The van der Waals surface area contributed by atoms with Crippen LogP contribution in [0.5, 0.6) is 5.75 Å². The Morgan fingerprint density at radius 1 is 0.909 bits per heavy atom. The largest absolute Gasteiger partial charge is 1.00 e. The second kappa shape index (κ2) is 12.6. The Kier molecular flexibility index (Phi) is 25.6. The summed E-state index contributed by atoms with van der Waals surface area (Å²) in [6, 6.07) is 8.71. The summed E-state index contributed by atoms with van der Waals surface area (Å²) in [5, 5.41) is 8.63. The van der Waals surface area contributed by atoms with Gasteiger partial charge in [0.25, 0.3) is 0 Å². The van der Waals surface area contributed by atoms with Crippen LogP contribution >= 0.6 is 0 Å². The smallest absolute Gasteiger partial charge is 1.00 e. The molecule has 1 rings (SSSR count). The molecular weight excluding hydrogens is 159 g/mol. The van der Waals surface area contributed by atoms with Gasteiger partial charge in [-0.1, -0.05) is 18.2 Å². The van der Waals surface area contributed by atoms with Crippen molar-refractivity contribution in [2.24, 2.45) is 0 Å². The first-order chi connectivity index (χ1) is 3.39. The maximum Gasteiger partial charge on any atom is 1.00 e. The van der Waals surface area contributed by atoms with Crippen molar-refractivity contribution in [1.82, 2.24) is 0 Å².